The van der Waals surface area contributed by atoms with Crippen LogP contribution in [-0.2, 0) is 10.0 Å². The minimum Gasteiger partial charge on any atom is -0.246 e. The van der Waals surface area contributed by atoms with Gasteiger partial charge in [-0.2, -0.15) is 4.31 Å². The first-order valence-corrected chi connectivity index (χ1v) is 8.13. The second kappa shape index (κ2) is 4.84. The number of sulfonamides is 1. The lowest BCUT2D eigenvalue weighted by molar-refractivity contribution is 0.101. The van der Waals surface area contributed by atoms with Gasteiger partial charge in [0.25, 0.3) is 0 Å². The molecule has 1 saturated heterocycles. The fourth-order valence-electron chi connectivity index (χ4n) is 2.59. The highest BCUT2D eigenvalue weighted by atomic mass is 32.2. The lowest BCUT2D eigenvalue weighted by atomic mass is 9.86. The van der Waals surface area contributed by atoms with Crippen LogP contribution < -0.4 is 0 Å². The topological polar surface area (TPSA) is 37.4 Å². The van der Waals surface area contributed by atoms with Gasteiger partial charge in [-0.3, -0.25) is 0 Å². The molecule has 5 heteroatoms. The second-order valence-electron chi connectivity index (χ2n) is 5.79. The Balaban J connectivity index is 1.96. The second-order valence-corrected chi connectivity index (χ2v) is 7.81. The Morgan fingerprint density at radius 3 is 2.41 bits per heavy atom. The van der Waals surface area contributed by atoms with Crippen LogP contribution in [0.1, 0.15) is 33.1 Å². The zero-order chi connectivity index (χ0) is 12.6. The van der Waals surface area contributed by atoms with Gasteiger partial charge < -0.3 is 0 Å². The van der Waals surface area contributed by atoms with E-state index in [1.165, 1.54) is 4.31 Å². The fraction of sp³-hybridized carbons (Fsp3) is 1.00. The summed E-state index contributed by atoms with van der Waals surface area (Å²) in [6.07, 6.45) is 1.68. The van der Waals surface area contributed by atoms with Gasteiger partial charge in [0.15, 0.2) is 0 Å². The molecule has 0 radical (unpaired) electrons. The predicted octanol–water partition coefficient (Wildman–Crippen LogP) is 2.04. The van der Waals surface area contributed by atoms with Gasteiger partial charge in [-0.05, 0) is 37.0 Å². The summed E-state index contributed by atoms with van der Waals surface area (Å²) in [6.45, 7) is 4.58. The molecular formula is C12H22FNO2S. The van der Waals surface area contributed by atoms with Crippen molar-refractivity contribution in [2.24, 2.45) is 17.8 Å². The maximum absolute atomic E-state index is 13.9. The SMILES string of the molecule is CC(C)[C@H]1CCN(S(=O)(=O)CC2CC2)C[C@H]1F. The summed E-state index contributed by atoms with van der Waals surface area (Å²) in [4.78, 5) is 0. The Hall–Kier alpha value is -0.160. The first-order valence-electron chi connectivity index (χ1n) is 6.52. The lowest BCUT2D eigenvalue weighted by Crippen LogP contribution is -2.47. The van der Waals surface area contributed by atoms with E-state index < -0.39 is 16.2 Å². The molecule has 0 N–H and O–H groups in total. The molecule has 2 rings (SSSR count). The van der Waals surface area contributed by atoms with Crippen molar-refractivity contribution in [2.45, 2.75) is 39.3 Å². The first-order chi connectivity index (χ1) is 7.90. The Labute approximate surface area is 103 Å². The zero-order valence-corrected chi connectivity index (χ0v) is 11.4. The summed E-state index contributed by atoms with van der Waals surface area (Å²) in [5.74, 6) is 0.869. The summed E-state index contributed by atoms with van der Waals surface area (Å²) in [7, 11) is -3.21. The van der Waals surface area contributed by atoms with Crippen molar-refractivity contribution in [3.05, 3.63) is 0 Å². The van der Waals surface area contributed by atoms with Gasteiger partial charge in [-0.15, -0.1) is 0 Å². The molecule has 1 aliphatic carbocycles. The van der Waals surface area contributed by atoms with Crippen molar-refractivity contribution in [3.8, 4) is 0 Å². The number of nitrogens with zero attached hydrogens (tertiary/aromatic N) is 1. The van der Waals surface area contributed by atoms with Crippen LogP contribution in [0, 0.1) is 17.8 Å². The molecule has 0 aromatic carbocycles. The van der Waals surface area contributed by atoms with Crippen LogP contribution in [0.4, 0.5) is 4.39 Å². The van der Waals surface area contributed by atoms with E-state index in [9.17, 15) is 12.8 Å². The summed E-state index contributed by atoms with van der Waals surface area (Å²) in [6, 6.07) is 0. The Kier molecular flexibility index (Phi) is 3.78. The van der Waals surface area contributed by atoms with Crippen LogP contribution in [0.15, 0.2) is 0 Å². The van der Waals surface area contributed by atoms with E-state index in [-0.39, 0.29) is 18.2 Å². The lowest BCUT2D eigenvalue weighted by Gasteiger charge is -2.35. The maximum atomic E-state index is 13.9. The van der Waals surface area contributed by atoms with Gasteiger partial charge in [-0.1, -0.05) is 13.8 Å². The summed E-state index contributed by atoms with van der Waals surface area (Å²) >= 11 is 0. The molecule has 0 unspecified atom stereocenters. The molecule has 2 atom stereocenters. The van der Waals surface area contributed by atoms with Crippen molar-refractivity contribution in [1.29, 1.82) is 0 Å². The number of rotatable bonds is 4. The highest BCUT2D eigenvalue weighted by molar-refractivity contribution is 7.89. The zero-order valence-electron chi connectivity index (χ0n) is 10.6. The molecule has 0 spiro atoms. The van der Waals surface area contributed by atoms with E-state index in [1.807, 2.05) is 13.8 Å². The molecule has 1 aliphatic heterocycles. The predicted molar refractivity (Wildman–Crippen MR) is 65.9 cm³/mol. The van der Waals surface area contributed by atoms with Crippen molar-refractivity contribution in [1.82, 2.24) is 4.31 Å². The number of hydrogen-bond acceptors (Lipinski definition) is 2. The van der Waals surface area contributed by atoms with Gasteiger partial charge >= 0.3 is 0 Å². The van der Waals surface area contributed by atoms with E-state index in [0.29, 0.717) is 24.8 Å². The van der Waals surface area contributed by atoms with E-state index in [1.54, 1.807) is 0 Å². The first kappa shape index (κ1) is 13.3. The van der Waals surface area contributed by atoms with Crippen LogP contribution >= 0.6 is 0 Å². The maximum Gasteiger partial charge on any atom is 0.214 e. The molecule has 0 aromatic heterocycles. The third-order valence-corrected chi connectivity index (χ3v) is 5.96. The molecule has 2 aliphatic rings. The van der Waals surface area contributed by atoms with E-state index in [4.69, 9.17) is 0 Å². The normalized spacial score (nSPS) is 32.0. The van der Waals surface area contributed by atoms with E-state index in [0.717, 1.165) is 12.8 Å². The number of hydrogen-bond donors (Lipinski definition) is 0. The summed E-state index contributed by atoms with van der Waals surface area (Å²) in [5.41, 5.74) is 0. The molecule has 0 bridgehead atoms. The average Bonchev–Trinajstić information content (AvgIpc) is 3.00. The number of alkyl halides is 1. The van der Waals surface area contributed by atoms with Crippen molar-refractivity contribution < 1.29 is 12.8 Å². The number of piperidine rings is 1. The average molecular weight is 263 g/mol. The molecular weight excluding hydrogens is 241 g/mol. The van der Waals surface area contributed by atoms with Crippen LogP contribution in [0.5, 0.6) is 0 Å². The van der Waals surface area contributed by atoms with E-state index in [2.05, 4.69) is 0 Å². The fourth-order valence-corrected chi connectivity index (χ4v) is 4.48. The molecule has 17 heavy (non-hydrogen) atoms. The van der Waals surface area contributed by atoms with Gasteiger partial charge in [0.05, 0.1) is 5.75 Å². The molecule has 1 heterocycles. The molecule has 1 saturated carbocycles. The smallest absolute Gasteiger partial charge is 0.214 e. The highest BCUT2D eigenvalue weighted by Gasteiger charge is 2.38. The summed E-state index contributed by atoms with van der Waals surface area (Å²) in [5, 5.41) is 0. The van der Waals surface area contributed by atoms with Crippen molar-refractivity contribution >= 4 is 10.0 Å². The van der Waals surface area contributed by atoms with Crippen molar-refractivity contribution in [3.63, 3.8) is 0 Å². The molecule has 100 valence electrons. The molecule has 3 nitrogen and oxygen atoms in total. The highest BCUT2D eigenvalue weighted by Crippen LogP contribution is 2.33. The third-order valence-electron chi connectivity index (χ3n) is 3.95. The van der Waals surface area contributed by atoms with E-state index >= 15 is 0 Å². The van der Waals surface area contributed by atoms with Crippen LogP contribution in [-0.4, -0.2) is 37.7 Å². The quantitative estimate of drug-likeness (QED) is 0.778. The summed E-state index contributed by atoms with van der Waals surface area (Å²) < 4.78 is 39.3. The number of halogens is 1. The van der Waals surface area contributed by atoms with Crippen LogP contribution in [0.25, 0.3) is 0 Å². The van der Waals surface area contributed by atoms with Gasteiger partial charge in [-0.25, -0.2) is 12.8 Å². The Bertz CT molecular complexity index is 365. The Morgan fingerprint density at radius 2 is 1.94 bits per heavy atom. The van der Waals surface area contributed by atoms with Gasteiger partial charge in [0, 0.05) is 13.1 Å². The molecule has 0 amide bonds. The van der Waals surface area contributed by atoms with Gasteiger partial charge in [0.1, 0.15) is 6.17 Å². The monoisotopic (exact) mass is 263 g/mol. The largest absolute Gasteiger partial charge is 0.246 e. The minimum atomic E-state index is -3.21. The third kappa shape index (κ3) is 3.19. The van der Waals surface area contributed by atoms with Crippen LogP contribution in [0.3, 0.4) is 0 Å². The van der Waals surface area contributed by atoms with Gasteiger partial charge in [0.2, 0.25) is 10.0 Å². The minimum absolute atomic E-state index is 0.0161. The Morgan fingerprint density at radius 1 is 1.29 bits per heavy atom. The van der Waals surface area contributed by atoms with Crippen LogP contribution in [0.2, 0.25) is 0 Å². The van der Waals surface area contributed by atoms with Crippen molar-refractivity contribution in [2.75, 3.05) is 18.8 Å². The molecule has 0 aromatic rings. The molecule has 2 fully saturated rings. The standard InChI is InChI=1S/C12H22FNO2S/c1-9(2)11-5-6-14(7-12(11)13)17(15,16)8-10-3-4-10/h9-12H,3-8H2,1-2H3/t11-,12-/m1/s1.